The molecule has 0 aliphatic heterocycles. The van der Waals surface area contributed by atoms with E-state index in [-0.39, 0.29) is 0 Å². The van der Waals surface area contributed by atoms with Crippen LogP contribution in [0.1, 0.15) is 20.8 Å². The lowest BCUT2D eigenvalue weighted by Crippen LogP contribution is -1.83. The molecule has 2 rings (SSSR count). The maximum atomic E-state index is 10.8. The van der Waals surface area contributed by atoms with Gasteiger partial charge in [-0.15, -0.1) is 11.3 Å². The molecule has 1 aromatic heterocycles. The van der Waals surface area contributed by atoms with Crippen molar-refractivity contribution in [3.8, 4) is 16.5 Å². The van der Waals surface area contributed by atoms with Crippen molar-refractivity contribution in [3.63, 3.8) is 0 Å². The van der Waals surface area contributed by atoms with Gasteiger partial charge in [-0.1, -0.05) is 6.07 Å². The van der Waals surface area contributed by atoms with Crippen molar-refractivity contribution in [1.29, 1.82) is 5.26 Å². The van der Waals surface area contributed by atoms with Gasteiger partial charge in [0.05, 0.1) is 0 Å². The molecule has 1 aromatic carbocycles. The highest BCUT2D eigenvalue weighted by Crippen LogP contribution is 2.28. The summed E-state index contributed by atoms with van der Waals surface area (Å²) in [5.74, 6) is 0. The van der Waals surface area contributed by atoms with E-state index in [4.69, 9.17) is 5.26 Å². The molecule has 2 nitrogen and oxygen atoms in total. The summed E-state index contributed by atoms with van der Waals surface area (Å²) >= 11 is 1.44. The number of rotatable bonds is 2. The minimum atomic E-state index is 0.668. The van der Waals surface area contributed by atoms with Crippen LogP contribution in [0.25, 0.3) is 10.4 Å². The van der Waals surface area contributed by atoms with Crippen molar-refractivity contribution < 1.29 is 4.79 Å². The summed E-state index contributed by atoms with van der Waals surface area (Å²) in [5, 5.41) is 8.76. The number of aryl methyl sites for hydroxylation is 1. The fourth-order valence-corrected chi connectivity index (χ4v) is 2.37. The summed E-state index contributed by atoms with van der Waals surface area (Å²) in [6, 6.07) is 11.5. The van der Waals surface area contributed by atoms with Crippen LogP contribution in [0.5, 0.6) is 0 Å². The van der Waals surface area contributed by atoms with Gasteiger partial charge in [-0.3, -0.25) is 4.79 Å². The molecule has 0 unspecified atom stereocenters. The third kappa shape index (κ3) is 2.02. The Bertz CT molecular complexity index is 578. The summed E-state index contributed by atoms with van der Waals surface area (Å²) in [6.45, 7) is 1.95. The van der Waals surface area contributed by atoms with E-state index in [9.17, 15) is 4.79 Å². The molecule has 0 fully saturated rings. The smallest absolute Gasteiger partial charge is 0.150 e. The van der Waals surface area contributed by atoms with Crippen molar-refractivity contribution in [1.82, 2.24) is 0 Å². The lowest BCUT2D eigenvalue weighted by atomic mass is 10.1. The maximum absolute atomic E-state index is 10.8. The Morgan fingerprint density at radius 2 is 2.12 bits per heavy atom. The normalized spacial score (nSPS) is 9.75. The molecule has 0 aliphatic carbocycles. The Morgan fingerprint density at radius 3 is 2.75 bits per heavy atom. The van der Waals surface area contributed by atoms with Crippen LogP contribution in [0, 0.1) is 18.3 Å². The average molecular weight is 227 g/mol. The number of nitrogens with zero attached hydrogens (tertiary/aromatic N) is 1. The number of aldehydes is 1. The SMILES string of the molecule is Cc1cc(C=O)cc(-c2ccc(C#N)s2)c1. The number of hydrogen-bond donors (Lipinski definition) is 0. The zero-order valence-corrected chi connectivity index (χ0v) is 9.54. The zero-order chi connectivity index (χ0) is 11.5. The summed E-state index contributed by atoms with van der Waals surface area (Å²) in [7, 11) is 0. The minimum absolute atomic E-state index is 0.668. The Kier molecular flexibility index (Phi) is 2.84. The average Bonchev–Trinajstić information content (AvgIpc) is 2.76. The van der Waals surface area contributed by atoms with Crippen molar-refractivity contribution >= 4 is 17.6 Å². The molecule has 0 radical (unpaired) electrons. The second kappa shape index (κ2) is 4.30. The van der Waals surface area contributed by atoms with Crippen molar-refractivity contribution in [3.05, 3.63) is 46.3 Å². The van der Waals surface area contributed by atoms with Crippen molar-refractivity contribution in [2.24, 2.45) is 0 Å². The van der Waals surface area contributed by atoms with E-state index in [0.717, 1.165) is 22.3 Å². The largest absolute Gasteiger partial charge is 0.298 e. The number of carbonyl (C=O) groups excluding carboxylic acids is 1. The Balaban J connectivity index is 2.51. The van der Waals surface area contributed by atoms with E-state index in [1.54, 1.807) is 6.07 Å². The number of nitriles is 1. The summed E-state index contributed by atoms with van der Waals surface area (Å²) in [5.41, 5.74) is 2.71. The van der Waals surface area contributed by atoms with Gasteiger partial charge in [-0.25, -0.2) is 0 Å². The first-order valence-electron chi connectivity index (χ1n) is 4.80. The lowest BCUT2D eigenvalue weighted by molar-refractivity contribution is 0.112. The number of benzene rings is 1. The molecule has 78 valence electrons. The van der Waals surface area contributed by atoms with Gasteiger partial charge in [-0.05, 0) is 42.3 Å². The topological polar surface area (TPSA) is 40.9 Å². The van der Waals surface area contributed by atoms with Crippen LogP contribution < -0.4 is 0 Å². The third-order valence-electron chi connectivity index (χ3n) is 2.24. The number of carbonyl (C=O) groups is 1. The van der Waals surface area contributed by atoms with Gasteiger partial charge < -0.3 is 0 Å². The molecule has 2 aromatic rings. The van der Waals surface area contributed by atoms with E-state index in [1.807, 2.05) is 31.2 Å². The summed E-state index contributed by atoms with van der Waals surface area (Å²) in [4.78, 5) is 12.5. The van der Waals surface area contributed by atoms with Crippen molar-refractivity contribution in [2.45, 2.75) is 6.92 Å². The lowest BCUT2D eigenvalue weighted by Gasteiger charge is -2.01. The first-order chi connectivity index (χ1) is 7.72. The molecule has 0 N–H and O–H groups in total. The van der Waals surface area contributed by atoms with Crippen molar-refractivity contribution in [2.75, 3.05) is 0 Å². The van der Waals surface area contributed by atoms with Gasteiger partial charge in [-0.2, -0.15) is 5.26 Å². The van der Waals surface area contributed by atoms with Gasteiger partial charge in [0, 0.05) is 10.4 Å². The fourth-order valence-electron chi connectivity index (χ4n) is 1.58. The molecule has 0 spiro atoms. The molecule has 0 bridgehead atoms. The Hall–Kier alpha value is -1.92. The maximum Gasteiger partial charge on any atom is 0.150 e. The molecule has 0 atom stereocenters. The first kappa shape index (κ1) is 10.6. The van der Waals surface area contributed by atoms with Crippen LogP contribution in [0.15, 0.2) is 30.3 Å². The van der Waals surface area contributed by atoms with E-state index >= 15 is 0 Å². The van der Waals surface area contributed by atoms with Crippen LogP contribution in [0.3, 0.4) is 0 Å². The molecular weight excluding hydrogens is 218 g/mol. The predicted molar refractivity (Wildman–Crippen MR) is 64.6 cm³/mol. The highest BCUT2D eigenvalue weighted by Gasteiger charge is 2.04. The van der Waals surface area contributed by atoms with Crippen LogP contribution in [0.2, 0.25) is 0 Å². The highest BCUT2D eigenvalue weighted by atomic mass is 32.1. The van der Waals surface area contributed by atoms with E-state index < -0.39 is 0 Å². The van der Waals surface area contributed by atoms with Crippen LogP contribution in [-0.2, 0) is 0 Å². The molecule has 16 heavy (non-hydrogen) atoms. The second-order valence-corrected chi connectivity index (χ2v) is 4.61. The Labute approximate surface area is 97.8 Å². The standard InChI is InChI=1S/C13H9NOS/c1-9-4-10(8-15)6-11(5-9)13-3-2-12(7-14)16-13/h2-6,8H,1H3. The molecule has 1 heterocycles. The van der Waals surface area contributed by atoms with E-state index in [1.165, 1.54) is 11.3 Å². The van der Waals surface area contributed by atoms with E-state index in [0.29, 0.717) is 10.4 Å². The molecule has 0 saturated heterocycles. The van der Waals surface area contributed by atoms with E-state index in [2.05, 4.69) is 6.07 Å². The monoisotopic (exact) mass is 227 g/mol. The fraction of sp³-hybridized carbons (Fsp3) is 0.0769. The van der Waals surface area contributed by atoms with Gasteiger partial charge in [0.2, 0.25) is 0 Å². The highest BCUT2D eigenvalue weighted by molar-refractivity contribution is 7.16. The van der Waals surface area contributed by atoms with Gasteiger partial charge in [0.1, 0.15) is 17.2 Å². The quantitative estimate of drug-likeness (QED) is 0.738. The molecule has 0 amide bonds. The van der Waals surface area contributed by atoms with Crippen LogP contribution >= 0.6 is 11.3 Å². The predicted octanol–water partition coefficient (Wildman–Crippen LogP) is 3.41. The zero-order valence-electron chi connectivity index (χ0n) is 8.73. The molecule has 3 heteroatoms. The first-order valence-corrected chi connectivity index (χ1v) is 5.62. The summed E-state index contributed by atoms with van der Waals surface area (Å²) < 4.78 is 0. The van der Waals surface area contributed by atoms with Gasteiger partial charge in [0.15, 0.2) is 0 Å². The summed E-state index contributed by atoms with van der Waals surface area (Å²) in [6.07, 6.45) is 0.843. The number of hydrogen-bond acceptors (Lipinski definition) is 3. The second-order valence-electron chi connectivity index (χ2n) is 3.53. The Morgan fingerprint density at radius 1 is 1.31 bits per heavy atom. The number of thiophene rings is 1. The molecular formula is C13H9NOS. The van der Waals surface area contributed by atoms with Crippen LogP contribution in [-0.4, -0.2) is 6.29 Å². The van der Waals surface area contributed by atoms with Crippen LogP contribution in [0.4, 0.5) is 0 Å². The minimum Gasteiger partial charge on any atom is -0.298 e. The molecule has 0 saturated carbocycles. The molecule has 0 aliphatic rings. The third-order valence-corrected chi connectivity index (χ3v) is 3.28. The van der Waals surface area contributed by atoms with Gasteiger partial charge in [0.25, 0.3) is 0 Å². The van der Waals surface area contributed by atoms with Gasteiger partial charge >= 0.3 is 0 Å².